The third kappa shape index (κ3) is 3.46. The fourth-order valence-corrected chi connectivity index (χ4v) is 3.49. The molecule has 0 unspecified atom stereocenters. The van der Waals surface area contributed by atoms with Crippen molar-refractivity contribution in [3.63, 3.8) is 0 Å². The number of methoxy groups -OCH3 is 1. The minimum absolute atomic E-state index is 0.0932. The first-order valence-corrected chi connectivity index (χ1v) is 7.89. The van der Waals surface area contributed by atoms with Gasteiger partial charge in [-0.3, -0.25) is 0 Å². The summed E-state index contributed by atoms with van der Waals surface area (Å²) < 4.78 is 57.8. The third-order valence-electron chi connectivity index (χ3n) is 3.51. The van der Waals surface area contributed by atoms with Gasteiger partial charge in [0.25, 0.3) is 0 Å². The lowest BCUT2D eigenvalue weighted by Gasteiger charge is -2.20. The Morgan fingerprint density at radius 3 is 2.75 bits per heavy atom. The van der Waals surface area contributed by atoms with Gasteiger partial charge < -0.3 is 10.1 Å². The summed E-state index contributed by atoms with van der Waals surface area (Å²) in [5.41, 5.74) is 0.469. The van der Waals surface area contributed by atoms with Crippen molar-refractivity contribution in [1.29, 1.82) is 0 Å². The van der Waals surface area contributed by atoms with E-state index in [1.807, 2.05) is 0 Å². The maximum Gasteiger partial charge on any atom is 0.417 e. The summed E-state index contributed by atoms with van der Waals surface area (Å²) >= 11 is 0.848. The second-order valence-corrected chi connectivity index (χ2v) is 6.14. The Morgan fingerprint density at radius 1 is 1.25 bits per heavy atom. The molecule has 0 spiro atoms. The van der Waals surface area contributed by atoms with E-state index in [1.54, 1.807) is 0 Å². The number of alkyl halides is 3. The average molecular weight is 359 g/mol. The molecule has 0 bridgehead atoms. The molecule has 1 aromatic heterocycles. The molecule has 0 saturated carbocycles. The summed E-state index contributed by atoms with van der Waals surface area (Å²) in [6, 6.07) is 2.71. The van der Waals surface area contributed by atoms with E-state index in [4.69, 9.17) is 4.74 Å². The third-order valence-corrected chi connectivity index (χ3v) is 4.62. The fourth-order valence-electron chi connectivity index (χ4n) is 2.40. The van der Waals surface area contributed by atoms with E-state index >= 15 is 0 Å². The minimum Gasteiger partial charge on any atom is -0.467 e. The lowest BCUT2D eigenvalue weighted by Crippen LogP contribution is -2.26. The summed E-state index contributed by atoms with van der Waals surface area (Å²) in [4.78, 5) is 8.31. The molecule has 0 radical (unpaired) electrons. The first-order chi connectivity index (χ1) is 11.4. The van der Waals surface area contributed by atoms with Crippen LogP contribution in [0.1, 0.15) is 16.8 Å². The zero-order chi connectivity index (χ0) is 17.3. The van der Waals surface area contributed by atoms with Crippen molar-refractivity contribution in [3.05, 3.63) is 40.8 Å². The Labute approximate surface area is 139 Å². The average Bonchev–Trinajstić information content (AvgIpc) is 2.55. The van der Waals surface area contributed by atoms with Gasteiger partial charge in [-0.25, -0.2) is 4.39 Å². The number of fused-ring (bicyclic) bond motifs is 1. The number of hydrogen-bond acceptors (Lipinski definition) is 5. The Balaban J connectivity index is 2.06. The molecule has 2 heterocycles. The van der Waals surface area contributed by atoms with E-state index in [0.717, 1.165) is 29.5 Å². The number of nitrogens with zero attached hydrogens (tertiary/aromatic N) is 2. The molecule has 9 heteroatoms. The van der Waals surface area contributed by atoms with Crippen molar-refractivity contribution in [2.24, 2.45) is 0 Å². The summed E-state index contributed by atoms with van der Waals surface area (Å²) in [6.45, 7) is 1.18. The van der Waals surface area contributed by atoms with Crippen LogP contribution in [0.3, 0.4) is 0 Å². The molecule has 0 fully saturated rings. The molecule has 24 heavy (non-hydrogen) atoms. The highest BCUT2D eigenvalue weighted by Gasteiger charge is 2.34. The van der Waals surface area contributed by atoms with Crippen LogP contribution in [0.15, 0.2) is 28.1 Å². The molecule has 1 aromatic carbocycles. The van der Waals surface area contributed by atoms with Crippen LogP contribution >= 0.6 is 11.8 Å². The van der Waals surface area contributed by atoms with Gasteiger partial charge in [0, 0.05) is 17.0 Å². The van der Waals surface area contributed by atoms with E-state index in [-0.39, 0.29) is 10.9 Å². The second kappa shape index (κ2) is 6.56. The molecule has 1 aliphatic rings. The Hall–Kier alpha value is -1.87. The van der Waals surface area contributed by atoms with Crippen molar-refractivity contribution >= 4 is 11.8 Å². The lowest BCUT2D eigenvalue weighted by molar-refractivity contribution is -0.139. The smallest absolute Gasteiger partial charge is 0.417 e. The van der Waals surface area contributed by atoms with Crippen LogP contribution in [0.4, 0.5) is 17.6 Å². The van der Waals surface area contributed by atoms with Crippen molar-refractivity contribution in [3.8, 4) is 6.01 Å². The largest absolute Gasteiger partial charge is 0.467 e. The number of nitrogens with one attached hydrogen (secondary N) is 1. The predicted molar refractivity (Wildman–Crippen MR) is 79.5 cm³/mol. The van der Waals surface area contributed by atoms with Crippen molar-refractivity contribution in [2.75, 3.05) is 13.7 Å². The summed E-state index contributed by atoms with van der Waals surface area (Å²) in [5, 5.41) is 3.54. The minimum atomic E-state index is -4.65. The highest BCUT2D eigenvalue weighted by Crippen LogP contribution is 2.41. The van der Waals surface area contributed by atoms with Gasteiger partial charge >= 0.3 is 12.2 Å². The standard InChI is InChI=1S/C15H13F4N3OS/c1-23-14-21-11-7-20-5-4-9(11)13(22-14)24-12-3-2-8(16)6-10(12)15(17,18)19/h2-3,6,20H,4-5,7H2,1H3. The van der Waals surface area contributed by atoms with E-state index in [1.165, 1.54) is 7.11 Å². The summed E-state index contributed by atoms with van der Waals surface area (Å²) in [7, 11) is 1.39. The van der Waals surface area contributed by atoms with Gasteiger partial charge in [0.2, 0.25) is 0 Å². The molecule has 2 aromatic rings. The molecule has 0 amide bonds. The van der Waals surface area contributed by atoms with Crippen molar-refractivity contribution < 1.29 is 22.3 Å². The van der Waals surface area contributed by atoms with Crippen LogP contribution in [-0.4, -0.2) is 23.6 Å². The summed E-state index contributed by atoms with van der Waals surface area (Å²) in [6.07, 6.45) is -4.05. The van der Waals surface area contributed by atoms with Gasteiger partial charge in [-0.1, -0.05) is 11.8 Å². The van der Waals surface area contributed by atoms with Crippen LogP contribution in [0, 0.1) is 5.82 Å². The van der Waals surface area contributed by atoms with Crippen molar-refractivity contribution in [2.45, 2.75) is 29.1 Å². The van der Waals surface area contributed by atoms with E-state index < -0.39 is 17.6 Å². The van der Waals surface area contributed by atoms with Gasteiger partial charge in [0.1, 0.15) is 10.8 Å². The number of benzene rings is 1. The molecule has 0 saturated heterocycles. The SMILES string of the molecule is COc1nc2c(c(Sc3ccc(F)cc3C(F)(F)F)n1)CCNC2. The van der Waals surface area contributed by atoms with Crippen LogP contribution in [0.25, 0.3) is 0 Å². The second-order valence-electron chi connectivity index (χ2n) is 5.11. The zero-order valence-corrected chi connectivity index (χ0v) is 13.4. The fraction of sp³-hybridized carbons (Fsp3) is 0.333. The van der Waals surface area contributed by atoms with Crippen molar-refractivity contribution in [1.82, 2.24) is 15.3 Å². The van der Waals surface area contributed by atoms with Gasteiger partial charge in [-0.05, 0) is 31.2 Å². The normalized spacial score (nSPS) is 14.4. The Morgan fingerprint density at radius 2 is 2.04 bits per heavy atom. The number of rotatable bonds is 3. The van der Waals surface area contributed by atoms with Crippen LogP contribution in [0.2, 0.25) is 0 Å². The molecule has 1 N–H and O–H groups in total. The molecule has 128 valence electrons. The number of ether oxygens (including phenoxy) is 1. The molecule has 0 atom stereocenters. The van der Waals surface area contributed by atoms with Gasteiger partial charge in [0.15, 0.2) is 0 Å². The zero-order valence-electron chi connectivity index (χ0n) is 12.6. The van der Waals surface area contributed by atoms with E-state index in [0.29, 0.717) is 36.3 Å². The highest BCUT2D eigenvalue weighted by atomic mass is 32.2. The Bertz CT molecular complexity index is 767. The van der Waals surface area contributed by atoms with Crippen LogP contribution < -0.4 is 10.1 Å². The van der Waals surface area contributed by atoms with Gasteiger partial charge in [0.05, 0.1) is 18.4 Å². The molecular formula is C15H13F4N3OS. The van der Waals surface area contributed by atoms with Gasteiger partial charge in [-0.2, -0.15) is 23.1 Å². The van der Waals surface area contributed by atoms with Crippen LogP contribution in [0.5, 0.6) is 6.01 Å². The topological polar surface area (TPSA) is 47.0 Å². The predicted octanol–water partition coefficient (Wildman–Crippen LogP) is 3.44. The molecule has 0 aliphatic carbocycles. The first kappa shape index (κ1) is 17.0. The number of halogens is 4. The van der Waals surface area contributed by atoms with Gasteiger partial charge in [-0.15, -0.1) is 0 Å². The monoisotopic (exact) mass is 359 g/mol. The molecular weight excluding hydrogens is 346 g/mol. The maximum absolute atomic E-state index is 13.2. The molecule has 4 nitrogen and oxygen atoms in total. The molecule has 1 aliphatic heterocycles. The number of hydrogen-bond donors (Lipinski definition) is 1. The van der Waals surface area contributed by atoms with E-state index in [9.17, 15) is 17.6 Å². The highest BCUT2D eigenvalue weighted by molar-refractivity contribution is 7.99. The summed E-state index contributed by atoms with van der Waals surface area (Å²) in [5.74, 6) is -0.932. The Kier molecular flexibility index (Phi) is 4.64. The number of aromatic nitrogens is 2. The lowest BCUT2D eigenvalue weighted by atomic mass is 10.1. The molecule has 3 rings (SSSR count). The van der Waals surface area contributed by atoms with E-state index in [2.05, 4.69) is 15.3 Å². The maximum atomic E-state index is 13.2. The first-order valence-electron chi connectivity index (χ1n) is 7.07. The quantitative estimate of drug-likeness (QED) is 0.672. The van der Waals surface area contributed by atoms with Crippen LogP contribution in [-0.2, 0) is 19.1 Å².